The Kier molecular flexibility index (Phi) is 5.34. The van der Waals surface area contributed by atoms with Gasteiger partial charge in [-0.2, -0.15) is 0 Å². The van der Waals surface area contributed by atoms with E-state index in [1.165, 1.54) is 18.2 Å². The molecule has 0 fully saturated rings. The van der Waals surface area contributed by atoms with E-state index in [-0.39, 0.29) is 18.0 Å². The average Bonchev–Trinajstić information content (AvgIpc) is 2.68. The van der Waals surface area contributed by atoms with Crippen LogP contribution in [-0.4, -0.2) is 12.0 Å². The Labute approximate surface area is 150 Å². The molecular formula is C20H17NO5. The summed E-state index contributed by atoms with van der Waals surface area (Å²) < 4.78 is 16.5. The van der Waals surface area contributed by atoms with Crippen molar-refractivity contribution in [1.82, 2.24) is 0 Å². The summed E-state index contributed by atoms with van der Waals surface area (Å²) in [6.07, 6.45) is 0. The lowest BCUT2D eigenvalue weighted by Crippen LogP contribution is -1.99. The lowest BCUT2D eigenvalue weighted by Gasteiger charge is -2.10. The molecule has 26 heavy (non-hydrogen) atoms. The molecule has 6 heteroatoms. The first-order chi connectivity index (χ1) is 12.7. The normalized spacial score (nSPS) is 10.2. The summed E-state index contributed by atoms with van der Waals surface area (Å²) in [5.41, 5.74) is 0.811. The van der Waals surface area contributed by atoms with E-state index in [1.54, 1.807) is 31.4 Å². The molecular weight excluding hydrogens is 334 g/mol. The van der Waals surface area contributed by atoms with Gasteiger partial charge in [0, 0.05) is 12.1 Å². The summed E-state index contributed by atoms with van der Waals surface area (Å²) in [4.78, 5) is 10.8. The lowest BCUT2D eigenvalue weighted by atomic mass is 10.2. The van der Waals surface area contributed by atoms with Crippen molar-refractivity contribution in [3.8, 4) is 23.0 Å². The molecule has 0 aliphatic carbocycles. The van der Waals surface area contributed by atoms with Crippen molar-refractivity contribution in [1.29, 1.82) is 0 Å². The number of hydrogen-bond acceptors (Lipinski definition) is 5. The third-order valence-electron chi connectivity index (χ3n) is 3.66. The minimum atomic E-state index is -0.475. The quantitative estimate of drug-likeness (QED) is 0.444. The molecule has 0 spiro atoms. The highest BCUT2D eigenvalue weighted by Gasteiger charge is 2.16. The van der Waals surface area contributed by atoms with Crippen molar-refractivity contribution in [3.05, 3.63) is 88.5 Å². The van der Waals surface area contributed by atoms with Gasteiger partial charge in [-0.25, -0.2) is 0 Å². The first kappa shape index (κ1) is 17.3. The largest absolute Gasteiger partial charge is 0.497 e. The summed E-state index contributed by atoms with van der Waals surface area (Å²) in [7, 11) is 1.59. The monoisotopic (exact) mass is 351 g/mol. The number of ether oxygens (including phenoxy) is 3. The molecule has 132 valence electrons. The molecule has 0 aliphatic rings. The fourth-order valence-corrected chi connectivity index (χ4v) is 2.34. The van der Waals surface area contributed by atoms with E-state index >= 15 is 0 Å². The van der Waals surface area contributed by atoms with Crippen LogP contribution in [0.25, 0.3) is 0 Å². The Morgan fingerprint density at radius 3 is 2.19 bits per heavy atom. The minimum Gasteiger partial charge on any atom is -0.497 e. The topological polar surface area (TPSA) is 70.8 Å². The summed E-state index contributed by atoms with van der Waals surface area (Å²) in [5, 5.41) is 11.2. The molecule has 3 rings (SSSR count). The number of benzene rings is 3. The second kappa shape index (κ2) is 8.02. The Morgan fingerprint density at radius 2 is 1.54 bits per heavy atom. The molecule has 6 nitrogen and oxygen atoms in total. The van der Waals surface area contributed by atoms with Crippen molar-refractivity contribution >= 4 is 5.69 Å². The zero-order valence-corrected chi connectivity index (χ0v) is 14.1. The van der Waals surface area contributed by atoms with Gasteiger partial charge in [0.2, 0.25) is 5.75 Å². The average molecular weight is 351 g/mol. The van der Waals surface area contributed by atoms with Crippen LogP contribution in [0.5, 0.6) is 23.0 Å². The molecule has 3 aromatic rings. The van der Waals surface area contributed by atoms with Gasteiger partial charge in [0.25, 0.3) is 0 Å². The highest BCUT2D eigenvalue weighted by molar-refractivity contribution is 5.51. The van der Waals surface area contributed by atoms with Crippen molar-refractivity contribution in [2.24, 2.45) is 0 Å². The van der Waals surface area contributed by atoms with Crippen molar-refractivity contribution in [3.63, 3.8) is 0 Å². The van der Waals surface area contributed by atoms with Gasteiger partial charge in [-0.3, -0.25) is 10.1 Å². The van der Waals surface area contributed by atoms with E-state index < -0.39 is 4.92 Å². The van der Waals surface area contributed by atoms with Gasteiger partial charge in [-0.15, -0.1) is 0 Å². The fraction of sp³-hybridized carbons (Fsp3) is 0.100. The highest BCUT2D eigenvalue weighted by Crippen LogP contribution is 2.34. The van der Waals surface area contributed by atoms with Gasteiger partial charge in [-0.1, -0.05) is 30.3 Å². The number of rotatable bonds is 7. The van der Waals surface area contributed by atoms with Crippen LogP contribution in [0, 0.1) is 10.1 Å². The molecule has 0 aromatic heterocycles. The Bertz CT molecular complexity index is 878. The molecule has 0 bridgehead atoms. The van der Waals surface area contributed by atoms with Gasteiger partial charge in [0.15, 0.2) is 0 Å². The predicted octanol–water partition coefficient (Wildman–Crippen LogP) is 4.97. The summed E-state index contributed by atoms with van der Waals surface area (Å²) >= 11 is 0. The second-order valence-corrected chi connectivity index (χ2v) is 5.44. The van der Waals surface area contributed by atoms with Crippen molar-refractivity contribution in [2.45, 2.75) is 6.61 Å². The minimum absolute atomic E-state index is 0.108. The first-order valence-electron chi connectivity index (χ1n) is 7.93. The van der Waals surface area contributed by atoms with Crippen molar-refractivity contribution in [2.75, 3.05) is 7.11 Å². The van der Waals surface area contributed by atoms with Crippen LogP contribution in [0.4, 0.5) is 5.69 Å². The van der Waals surface area contributed by atoms with Gasteiger partial charge >= 0.3 is 5.69 Å². The van der Waals surface area contributed by atoms with Crippen LogP contribution >= 0.6 is 0 Å². The second-order valence-electron chi connectivity index (χ2n) is 5.44. The standard InChI is InChI=1S/C20H17NO5/c1-24-16-7-9-17(10-8-16)26-18-11-12-19(21(22)23)20(13-18)25-14-15-5-3-2-4-6-15/h2-13H,14H2,1H3. The molecule has 0 N–H and O–H groups in total. The molecule has 0 heterocycles. The number of hydrogen-bond donors (Lipinski definition) is 0. The predicted molar refractivity (Wildman–Crippen MR) is 96.9 cm³/mol. The molecule has 0 unspecified atom stereocenters. The Balaban J connectivity index is 1.79. The maximum Gasteiger partial charge on any atom is 0.311 e. The van der Waals surface area contributed by atoms with Crippen LogP contribution in [-0.2, 0) is 6.61 Å². The third-order valence-corrected chi connectivity index (χ3v) is 3.66. The maximum absolute atomic E-state index is 11.2. The molecule has 0 aliphatic heterocycles. The molecule has 0 amide bonds. The third kappa shape index (κ3) is 4.30. The molecule has 3 aromatic carbocycles. The highest BCUT2D eigenvalue weighted by atomic mass is 16.6. The number of nitrogens with zero attached hydrogens (tertiary/aromatic N) is 1. The number of nitro benzene ring substituents is 1. The van der Waals surface area contributed by atoms with E-state index in [2.05, 4.69) is 0 Å². The maximum atomic E-state index is 11.2. The van der Waals surface area contributed by atoms with Gasteiger partial charge in [0.1, 0.15) is 23.9 Å². The van der Waals surface area contributed by atoms with E-state index in [1.807, 2.05) is 30.3 Å². The van der Waals surface area contributed by atoms with Crippen LogP contribution in [0.2, 0.25) is 0 Å². The number of methoxy groups -OCH3 is 1. The van der Waals surface area contributed by atoms with Gasteiger partial charge in [-0.05, 0) is 35.9 Å². The lowest BCUT2D eigenvalue weighted by molar-refractivity contribution is -0.386. The first-order valence-corrected chi connectivity index (χ1v) is 7.93. The fourth-order valence-electron chi connectivity index (χ4n) is 2.34. The molecule has 0 saturated heterocycles. The Hall–Kier alpha value is -3.54. The van der Waals surface area contributed by atoms with E-state index in [4.69, 9.17) is 14.2 Å². The molecule has 0 radical (unpaired) electrons. The zero-order chi connectivity index (χ0) is 18.4. The number of nitro groups is 1. The summed E-state index contributed by atoms with van der Waals surface area (Å²) in [6.45, 7) is 0.230. The van der Waals surface area contributed by atoms with Crippen molar-refractivity contribution < 1.29 is 19.1 Å². The van der Waals surface area contributed by atoms with Crippen LogP contribution in [0.1, 0.15) is 5.56 Å². The van der Waals surface area contributed by atoms with Crippen LogP contribution in [0.3, 0.4) is 0 Å². The van der Waals surface area contributed by atoms with E-state index in [0.29, 0.717) is 17.2 Å². The Morgan fingerprint density at radius 1 is 0.885 bits per heavy atom. The molecule has 0 saturated carbocycles. The van der Waals surface area contributed by atoms with Gasteiger partial charge < -0.3 is 14.2 Å². The van der Waals surface area contributed by atoms with Crippen LogP contribution < -0.4 is 14.2 Å². The summed E-state index contributed by atoms with van der Waals surface area (Å²) in [5.74, 6) is 1.91. The SMILES string of the molecule is COc1ccc(Oc2ccc([N+](=O)[O-])c(OCc3ccccc3)c2)cc1. The van der Waals surface area contributed by atoms with Gasteiger partial charge in [0.05, 0.1) is 12.0 Å². The van der Waals surface area contributed by atoms with E-state index in [9.17, 15) is 10.1 Å². The summed E-state index contributed by atoms with van der Waals surface area (Å²) in [6, 6.07) is 20.9. The van der Waals surface area contributed by atoms with E-state index in [0.717, 1.165) is 5.56 Å². The molecule has 0 atom stereocenters. The zero-order valence-electron chi connectivity index (χ0n) is 14.1. The van der Waals surface area contributed by atoms with Crippen LogP contribution in [0.15, 0.2) is 72.8 Å². The smallest absolute Gasteiger partial charge is 0.311 e.